The first-order chi connectivity index (χ1) is 13.8. The van der Waals surface area contributed by atoms with E-state index in [9.17, 15) is 18.0 Å². The minimum Gasteiger partial charge on any atom is -0.341 e. The summed E-state index contributed by atoms with van der Waals surface area (Å²) in [6, 6.07) is 5.29. The van der Waals surface area contributed by atoms with Crippen LogP contribution in [0.5, 0.6) is 0 Å². The highest BCUT2D eigenvalue weighted by Crippen LogP contribution is 2.19. The molecule has 1 aromatic rings. The first-order valence-electron chi connectivity index (χ1n) is 9.82. The van der Waals surface area contributed by atoms with Gasteiger partial charge in [0.1, 0.15) is 12.1 Å². The fraction of sp³-hybridized carbons (Fsp3) is 0.500. The van der Waals surface area contributed by atoms with E-state index in [1.54, 1.807) is 36.1 Å². The molecule has 1 N–H and O–H groups in total. The number of amides is 2. The number of hydrogen-bond donors (Lipinski definition) is 1. The van der Waals surface area contributed by atoms with E-state index in [1.807, 2.05) is 0 Å². The summed E-state index contributed by atoms with van der Waals surface area (Å²) in [5.74, 6) is -0.421. The van der Waals surface area contributed by atoms with Gasteiger partial charge in [-0.05, 0) is 56.4 Å². The van der Waals surface area contributed by atoms with Crippen LogP contribution in [0.25, 0.3) is 6.08 Å². The summed E-state index contributed by atoms with van der Waals surface area (Å²) in [6.07, 6.45) is 4.86. The van der Waals surface area contributed by atoms with Crippen LogP contribution >= 0.6 is 11.6 Å². The van der Waals surface area contributed by atoms with E-state index in [4.69, 9.17) is 11.6 Å². The molecule has 0 aliphatic carbocycles. The molecule has 2 amide bonds. The van der Waals surface area contributed by atoms with Crippen molar-refractivity contribution in [3.8, 4) is 0 Å². The fourth-order valence-electron chi connectivity index (χ4n) is 3.69. The zero-order valence-electron chi connectivity index (χ0n) is 16.4. The zero-order valence-corrected chi connectivity index (χ0v) is 18.0. The Morgan fingerprint density at radius 2 is 1.83 bits per heavy atom. The molecule has 0 saturated carbocycles. The number of sulfonamides is 1. The molecular formula is C20H26ClN3O4S. The average Bonchev–Trinajstić information content (AvgIpc) is 3.06. The predicted octanol–water partition coefficient (Wildman–Crippen LogP) is 2.23. The summed E-state index contributed by atoms with van der Waals surface area (Å²) in [5, 5.41) is 1.60. The van der Waals surface area contributed by atoms with Gasteiger partial charge in [-0.25, -0.2) is 8.42 Å². The first kappa shape index (κ1) is 21.8. The summed E-state index contributed by atoms with van der Waals surface area (Å²) in [6.45, 7) is 3.51. The Hall–Kier alpha value is -1.90. The number of carbonyl (C=O) groups excluding carboxylic acids is 2. The molecule has 9 heteroatoms. The number of halogens is 1. The Balaban J connectivity index is 1.60. The molecule has 0 bridgehead atoms. The topological polar surface area (TPSA) is 86.8 Å². The van der Waals surface area contributed by atoms with Crippen molar-refractivity contribution in [1.82, 2.24) is 14.5 Å². The molecule has 2 aliphatic heterocycles. The average molecular weight is 440 g/mol. The number of carbonyl (C=O) groups is 2. The van der Waals surface area contributed by atoms with E-state index >= 15 is 0 Å². The van der Waals surface area contributed by atoms with Gasteiger partial charge in [0, 0.05) is 30.1 Å². The number of nitrogens with one attached hydrogen (secondary N) is 1. The summed E-state index contributed by atoms with van der Waals surface area (Å²) < 4.78 is 27.2. The van der Waals surface area contributed by atoms with Crippen LogP contribution in [-0.2, 0) is 19.6 Å². The molecule has 1 aromatic carbocycles. The van der Waals surface area contributed by atoms with Crippen LogP contribution in [0.1, 0.15) is 38.2 Å². The number of nitrogens with zero attached hydrogens (tertiary/aromatic N) is 2. The third-order valence-electron chi connectivity index (χ3n) is 5.35. The van der Waals surface area contributed by atoms with Gasteiger partial charge in [-0.2, -0.15) is 4.72 Å². The molecular weight excluding hydrogens is 414 g/mol. The van der Waals surface area contributed by atoms with E-state index in [0.29, 0.717) is 23.6 Å². The largest absolute Gasteiger partial charge is 0.341 e. The molecule has 7 nitrogen and oxygen atoms in total. The lowest BCUT2D eigenvalue weighted by Gasteiger charge is -2.32. The molecule has 2 saturated heterocycles. The third-order valence-corrected chi connectivity index (χ3v) is 6.71. The van der Waals surface area contributed by atoms with Crippen molar-refractivity contribution in [2.45, 2.75) is 44.7 Å². The molecule has 0 unspecified atom stereocenters. The van der Waals surface area contributed by atoms with Gasteiger partial charge in [0.25, 0.3) is 0 Å². The van der Waals surface area contributed by atoms with E-state index in [2.05, 4.69) is 4.72 Å². The smallest absolute Gasteiger partial charge is 0.245 e. The molecule has 2 atom stereocenters. The van der Waals surface area contributed by atoms with E-state index in [0.717, 1.165) is 37.8 Å². The van der Waals surface area contributed by atoms with Crippen molar-refractivity contribution in [2.24, 2.45) is 0 Å². The molecule has 0 spiro atoms. The maximum Gasteiger partial charge on any atom is 0.245 e. The number of piperidine rings is 1. The van der Waals surface area contributed by atoms with Crippen molar-refractivity contribution in [3.05, 3.63) is 40.3 Å². The Bertz CT molecular complexity index is 879. The lowest BCUT2D eigenvalue weighted by molar-refractivity contribution is -0.143. The third kappa shape index (κ3) is 5.58. The van der Waals surface area contributed by atoms with Crippen molar-refractivity contribution in [2.75, 3.05) is 19.6 Å². The van der Waals surface area contributed by atoms with Crippen LogP contribution in [0, 0.1) is 0 Å². The fourth-order valence-corrected chi connectivity index (χ4v) is 4.84. The monoisotopic (exact) mass is 439 g/mol. The van der Waals surface area contributed by atoms with Gasteiger partial charge in [-0.3, -0.25) is 9.59 Å². The highest BCUT2D eigenvalue weighted by Gasteiger charge is 2.39. The second-order valence-corrected chi connectivity index (χ2v) is 9.49. The summed E-state index contributed by atoms with van der Waals surface area (Å²) in [5.41, 5.74) is 0.680. The van der Waals surface area contributed by atoms with E-state index < -0.39 is 22.1 Å². The maximum absolute atomic E-state index is 12.7. The van der Waals surface area contributed by atoms with Crippen LogP contribution in [0.2, 0.25) is 5.02 Å². The quantitative estimate of drug-likeness (QED) is 0.736. The molecule has 2 heterocycles. The second-order valence-electron chi connectivity index (χ2n) is 7.45. The van der Waals surface area contributed by atoms with Gasteiger partial charge < -0.3 is 9.80 Å². The molecule has 158 valence electrons. The van der Waals surface area contributed by atoms with Crippen molar-refractivity contribution < 1.29 is 18.0 Å². The number of benzene rings is 1. The summed E-state index contributed by atoms with van der Waals surface area (Å²) in [4.78, 5) is 28.7. The maximum atomic E-state index is 12.7. The van der Waals surface area contributed by atoms with Gasteiger partial charge in [-0.15, -0.1) is 0 Å². The Morgan fingerprint density at radius 1 is 1.17 bits per heavy atom. The van der Waals surface area contributed by atoms with Crippen LogP contribution < -0.4 is 4.72 Å². The highest BCUT2D eigenvalue weighted by molar-refractivity contribution is 7.92. The number of rotatable bonds is 6. The van der Waals surface area contributed by atoms with Crippen LogP contribution in [0.15, 0.2) is 29.7 Å². The second kappa shape index (κ2) is 9.28. The highest BCUT2D eigenvalue weighted by atomic mass is 35.5. The lowest BCUT2D eigenvalue weighted by Crippen LogP contribution is -2.51. The number of hydrogen-bond acceptors (Lipinski definition) is 4. The van der Waals surface area contributed by atoms with Gasteiger partial charge in [0.2, 0.25) is 21.8 Å². The van der Waals surface area contributed by atoms with Gasteiger partial charge in [-0.1, -0.05) is 23.7 Å². The Labute approximate surface area is 176 Å². The van der Waals surface area contributed by atoms with Gasteiger partial charge in [0.15, 0.2) is 0 Å². The van der Waals surface area contributed by atoms with Crippen molar-refractivity contribution in [1.29, 1.82) is 0 Å². The van der Waals surface area contributed by atoms with Gasteiger partial charge in [0.05, 0.1) is 0 Å². The molecule has 2 aliphatic rings. The van der Waals surface area contributed by atoms with Crippen LogP contribution in [0.4, 0.5) is 0 Å². The first-order valence-corrected chi connectivity index (χ1v) is 11.7. The minimum atomic E-state index is -3.80. The van der Waals surface area contributed by atoms with E-state index in [-0.39, 0.29) is 11.8 Å². The lowest BCUT2D eigenvalue weighted by atomic mass is 10.1. The van der Waals surface area contributed by atoms with E-state index in [1.165, 1.54) is 11.0 Å². The molecule has 2 fully saturated rings. The predicted molar refractivity (Wildman–Crippen MR) is 113 cm³/mol. The van der Waals surface area contributed by atoms with Crippen LogP contribution in [-0.4, -0.2) is 61.7 Å². The van der Waals surface area contributed by atoms with Crippen LogP contribution in [0.3, 0.4) is 0 Å². The number of likely N-dealkylation sites (tertiary alicyclic amines) is 2. The normalized spacial score (nSPS) is 21.7. The summed E-state index contributed by atoms with van der Waals surface area (Å²) in [7, 11) is -3.80. The summed E-state index contributed by atoms with van der Waals surface area (Å²) >= 11 is 5.82. The molecule has 0 aromatic heterocycles. The van der Waals surface area contributed by atoms with Crippen molar-refractivity contribution in [3.63, 3.8) is 0 Å². The molecule has 0 radical (unpaired) electrons. The zero-order chi connectivity index (χ0) is 21.0. The standard InChI is InChI=1S/C20H26ClN3O4S/c1-15(19(25)23-11-3-2-4-12-23)24-13-9-18(20(24)26)22-29(27,28)14-10-16-5-7-17(21)8-6-16/h5-8,10,14-15,18,22H,2-4,9,11-13H2,1H3/b14-10+/t15-,18-/m0/s1. The van der Waals surface area contributed by atoms with Gasteiger partial charge >= 0.3 is 0 Å². The minimum absolute atomic E-state index is 0.0656. The van der Waals surface area contributed by atoms with Crippen molar-refractivity contribution >= 4 is 39.5 Å². The SMILES string of the molecule is C[C@@H](C(=O)N1CCCCC1)N1CC[C@H](NS(=O)(=O)/C=C/c2ccc(Cl)cc2)C1=O. The Morgan fingerprint density at radius 3 is 2.48 bits per heavy atom. The molecule has 3 rings (SSSR count). The Kier molecular flexibility index (Phi) is 6.97. The molecule has 29 heavy (non-hydrogen) atoms.